The van der Waals surface area contributed by atoms with Crippen LogP contribution in [-0.4, -0.2) is 30.5 Å². The van der Waals surface area contributed by atoms with E-state index in [-0.39, 0.29) is 12.4 Å². The number of carbonyl (C=O) groups is 1. The third-order valence-electron chi connectivity index (χ3n) is 0.914. The van der Waals surface area contributed by atoms with E-state index in [0.29, 0.717) is 0 Å². The SMILES string of the molecule is CCOC(=O)/C(=N/N)N(C)N. The van der Waals surface area contributed by atoms with Crippen molar-refractivity contribution in [3.8, 4) is 0 Å². The molecule has 0 amide bonds. The lowest BCUT2D eigenvalue weighted by atomic mass is 10.6. The fraction of sp³-hybridized carbons (Fsp3) is 0.600. The van der Waals surface area contributed by atoms with Crippen molar-refractivity contribution in [3.63, 3.8) is 0 Å². The highest BCUT2D eigenvalue weighted by molar-refractivity contribution is 6.34. The van der Waals surface area contributed by atoms with Crippen LogP contribution in [0.4, 0.5) is 0 Å². The first-order valence-corrected chi connectivity index (χ1v) is 3.06. The van der Waals surface area contributed by atoms with Crippen LogP contribution in [0.5, 0.6) is 0 Å². The van der Waals surface area contributed by atoms with Crippen molar-refractivity contribution in [1.82, 2.24) is 5.01 Å². The number of nitrogens with two attached hydrogens (primary N) is 2. The normalized spacial score (nSPS) is 11.0. The summed E-state index contributed by atoms with van der Waals surface area (Å²) >= 11 is 0. The average Bonchev–Trinajstić information content (AvgIpc) is 1.88. The molecule has 64 valence electrons. The topological polar surface area (TPSA) is 93.9 Å². The number of esters is 1. The minimum atomic E-state index is -0.625. The van der Waals surface area contributed by atoms with Gasteiger partial charge in [0.15, 0.2) is 0 Å². The van der Waals surface area contributed by atoms with Gasteiger partial charge in [0.25, 0.3) is 0 Å². The zero-order valence-electron chi connectivity index (χ0n) is 6.57. The van der Waals surface area contributed by atoms with Crippen LogP contribution in [0.2, 0.25) is 0 Å². The van der Waals surface area contributed by atoms with Gasteiger partial charge in [-0.25, -0.2) is 10.6 Å². The predicted molar refractivity (Wildman–Crippen MR) is 40.2 cm³/mol. The largest absolute Gasteiger partial charge is 0.460 e. The van der Waals surface area contributed by atoms with Crippen LogP contribution < -0.4 is 11.7 Å². The molecule has 0 fully saturated rings. The molecular weight excluding hydrogens is 148 g/mol. The molecule has 0 spiro atoms. The van der Waals surface area contributed by atoms with Crippen LogP contribution in [-0.2, 0) is 9.53 Å². The summed E-state index contributed by atoms with van der Waals surface area (Å²) in [6.45, 7) is 1.95. The molecule has 0 aromatic heterocycles. The van der Waals surface area contributed by atoms with E-state index in [1.807, 2.05) is 0 Å². The summed E-state index contributed by atoms with van der Waals surface area (Å²) < 4.78 is 4.58. The fourth-order valence-corrected chi connectivity index (χ4v) is 0.483. The zero-order chi connectivity index (χ0) is 8.85. The molecule has 0 saturated heterocycles. The zero-order valence-corrected chi connectivity index (χ0v) is 6.57. The number of ether oxygens (including phenoxy) is 1. The number of hydrazine groups is 1. The van der Waals surface area contributed by atoms with Crippen LogP contribution in [0.25, 0.3) is 0 Å². The van der Waals surface area contributed by atoms with Crippen molar-refractivity contribution in [1.29, 1.82) is 0 Å². The highest BCUT2D eigenvalue weighted by atomic mass is 16.5. The average molecular weight is 160 g/mol. The van der Waals surface area contributed by atoms with Gasteiger partial charge in [0.1, 0.15) is 0 Å². The number of hydrazone groups is 1. The summed E-state index contributed by atoms with van der Waals surface area (Å²) in [7, 11) is 1.45. The second-order valence-electron chi connectivity index (χ2n) is 1.78. The summed E-state index contributed by atoms with van der Waals surface area (Å²) in [5, 5.41) is 4.15. The number of likely N-dealkylation sites (N-methyl/N-ethyl adjacent to an activating group) is 1. The Kier molecular flexibility index (Phi) is 3.97. The van der Waals surface area contributed by atoms with Gasteiger partial charge < -0.3 is 10.6 Å². The maximum Gasteiger partial charge on any atom is 0.377 e. The van der Waals surface area contributed by atoms with Gasteiger partial charge in [0, 0.05) is 7.05 Å². The van der Waals surface area contributed by atoms with Crippen molar-refractivity contribution in [2.45, 2.75) is 6.92 Å². The van der Waals surface area contributed by atoms with Crippen LogP contribution in [0, 0.1) is 0 Å². The summed E-state index contributed by atoms with van der Waals surface area (Å²) in [5.41, 5.74) is 0. The first-order valence-electron chi connectivity index (χ1n) is 3.06. The van der Waals surface area contributed by atoms with Crippen LogP contribution in [0.15, 0.2) is 5.10 Å². The molecular formula is C5H12N4O2. The Labute approximate surface area is 64.7 Å². The molecule has 0 aromatic rings. The lowest BCUT2D eigenvalue weighted by molar-refractivity contribution is -0.135. The number of rotatable bonds is 1. The van der Waals surface area contributed by atoms with Gasteiger partial charge in [-0.2, -0.15) is 5.10 Å². The minimum Gasteiger partial charge on any atom is -0.460 e. The molecule has 0 aromatic carbocycles. The van der Waals surface area contributed by atoms with Crippen molar-refractivity contribution < 1.29 is 9.53 Å². The molecule has 6 nitrogen and oxygen atoms in total. The van der Waals surface area contributed by atoms with Crippen molar-refractivity contribution >= 4 is 11.8 Å². The molecule has 0 aliphatic carbocycles. The summed E-state index contributed by atoms with van der Waals surface area (Å²) in [4.78, 5) is 10.9. The molecule has 6 heteroatoms. The fourth-order valence-electron chi connectivity index (χ4n) is 0.483. The molecule has 0 atom stereocenters. The molecule has 0 aliphatic rings. The van der Waals surface area contributed by atoms with E-state index in [9.17, 15) is 4.79 Å². The smallest absolute Gasteiger partial charge is 0.377 e. The molecule has 11 heavy (non-hydrogen) atoms. The van der Waals surface area contributed by atoms with E-state index in [2.05, 4.69) is 9.84 Å². The summed E-state index contributed by atoms with van der Waals surface area (Å²) in [6.07, 6.45) is 0. The molecule has 0 heterocycles. The Hall–Kier alpha value is -1.30. The van der Waals surface area contributed by atoms with Gasteiger partial charge >= 0.3 is 5.97 Å². The number of hydrogen-bond donors (Lipinski definition) is 2. The van der Waals surface area contributed by atoms with E-state index < -0.39 is 5.97 Å². The highest BCUT2D eigenvalue weighted by Crippen LogP contribution is 1.84. The maximum atomic E-state index is 10.9. The summed E-state index contributed by atoms with van der Waals surface area (Å²) in [6, 6.07) is 0. The second-order valence-corrected chi connectivity index (χ2v) is 1.78. The lowest BCUT2D eigenvalue weighted by Gasteiger charge is -2.11. The van der Waals surface area contributed by atoms with Gasteiger partial charge in [-0.05, 0) is 6.92 Å². The number of amidine groups is 1. The second kappa shape index (κ2) is 4.51. The Balaban J connectivity index is 4.17. The Morgan fingerprint density at radius 3 is 2.55 bits per heavy atom. The van der Waals surface area contributed by atoms with E-state index >= 15 is 0 Å². The predicted octanol–water partition coefficient (Wildman–Crippen LogP) is -1.37. The molecule has 0 unspecified atom stereocenters. The number of hydrogen-bond acceptors (Lipinski definition) is 5. The van der Waals surface area contributed by atoms with Gasteiger partial charge in [-0.1, -0.05) is 0 Å². The van der Waals surface area contributed by atoms with Crippen molar-refractivity contribution in [2.24, 2.45) is 16.8 Å². The quantitative estimate of drug-likeness (QED) is 0.162. The Morgan fingerprint density at radius 2 is 2.27 bits per heavy atom. The third kappa shape index (κ3) is 2.85. The van der Waals surface area contributed by atoms with Crippen LogP contribution in [0.3, 0.4) is 0 Å². The third-order valence-corrected chi connectivity index (χ3v) is 0.914. The first-order chi connectivity index (χ1) is 5.13. The van der Waals surface area contributed by atoms with E-state index in [4.69, 9.17) is 11.7 Å². The Morgan fingerprint density at radius 1 is 1.73 bits per heavy atom. The van der Waals surface area contributed by atoms with Crippen LogP contribution in [0.1, 0.15) is 6.92 Å². The van der Waals surface area contributed by atoms with Gasteiger partial charge in [-0.3, -0.25) is 5.01 Å². The Bertz CT molecular complexity index is 166. The van der Waals surface area contributed by atoms with E-state index in [0.717, 1.165) is 5.01 Å². The van der Waals surface area contributed by atoms with E-state index in [1.54, 1.807) is 6.92 Å². The highest BCUT2D eigenvalue weighted by Gasteiger charge is 2.14. The molecule has 0 rings (SSSR count). The number of nitrogens with zero attached hydrogens (tertiary/aromatic N) is 2. The van der Waals surface area contributed by atoms with Crippen LogP contribution >= 0.6 is 0 Å². The molecule has 0 aliphatic heterocycles. The molecule has 4 N–H and O–H groups in total. The van der Waals surface area contributed by atoms with Gasteiger partial charge in [0.2, 0.25) is 5.84 Å². The van der Waals surface area contributed by atoms with Crippen molar-refractivity contribution in [2.75, 3.05) is 13.7 Å². The molecule has 0 bridgehead atoms. The first kappa shape index (κ1) is 9.70. The number of carbonyl (C=O) groups excluding carboxylic acids is 1. The minimum absolute atomic E-state index is 0.105. The monoisotopic (exact) mass is 160 g/mol. The standard InChI is InChI=1S/C5H12N4O2/c1-3-11-5(10)4(8-6)9(2)7/h3,6-7H2,1-2H3/b8-4-. The maximum absolute atomic E-state index is 10.9. The van der Waals surface area contributed by atoms with E-state index in [1.165, 1.54) is 7.05 Å². The van der Waals surface area contributed by atoms with Gasteiger partial charge in [0.05, 0.1) is 6.61 Å². The molecule has 0 saturated carbocycles. The van der Waals surface area contributed by atoms with Gasteiger partial charge in [-0.15, -0.1) is 0 Å². The lowest BCUT2D eigenvalue weighted by Crippen LogP contribution is -2.40. The summed E-state index contributed by atoms with van der Waals surface area (Å²) in [5.74, 6) is 9.34. The molecule has 0 radical (unpaired) electrons. The van der Waals surface area contributed by atoms with Crippen molar-refractivity contribution in [3.05, 3.63) is 0 Å².